The van der Waals surface area contributed by atoms with E-state index in [-0.39, 0.29) is 11.5 Å². The van der Waals surface area contributed by atoms with E-state index in [1.54, 1.807) is 24.3 Å². The fourth-order valence-corrected chi connectivity index (χ4v) is 4.25. The Labute approximate surface area is 162 Å². The number of amides is 2. The van der Waals surface area contributed by atoms with Crippen LogP contribution in [0, 0.1) is 11.3 Å². The van der Waals surface area contributed by atoms with Crippen LogP contribution in [0.15, 0.2) is 65.2 Å². The number of aryl methyl sites for hydroxylation is 1. The van der Waals surface area contributed by atoms with Crippen molar-refractivity contribution in [2.75, 3.05) is 4.90 Å². The molecule has 1 aliphatic heterocycles. The molecule has 0 spiro atoms. The van der Waals surface area contributed by atoms with Gasteiger partial charge in [-0.2, -0.15) is 5.26 Å². The maximum Gasteiger partial charge on any atom is 0.262 e. The maximum absolute atomic E-state index is 13.1. The zero-order valence-corrected chi connectivity index (χ0v) is 15.7. The van der Waals surface area contributed by atoms with Crippen molar-refractivity contribution in [3.8, 4) is 6.07 Å². The number of para-hydroxylation sites is 1. The van der Waals surface area contributed by atoms with Gasteiger partial charge in [-0.1, -0.05) is 61.2 Å². The van der Waals surface area contributed by atoms with Gasteiger partial charge >= 0.3 is 0 Å². The summed E-state index contributed by atoms with van der Waals surface area (Å²) in [4.78, 5) is 26.3. The molecule has 6 heteroatoms. The Hall–Kier alpha value is -3.04. The Balaban J connectivity index is 1.97. The van der Waals surface area contributed by atoms with Crippen molar-refractivity contribution >= 4 is 29.3 Å². The quantitative estimate of drug-likeness (QED) is 0.640. The highest BCUT2D eigenvalue weighted by Crippen LogP contribution is 2.41. The SMILES string of the molecule is CCc1ccc(C[C@@H]2S/C(=C(\C#N)C(N)=O)N(c3ccccc3)C2=O)cc1. The van der Waals surface area contributed by atoms with E-state index in [1.807, 2.05) is 24.3 Å². The summed E-state index contributed by atoms with van der Waals surface area (Å²) in [6.07, 6.45) is 1.47. The van der Waals surface area contributed by atoms with E-state index in [4.69, 9.17) is 5.73 Å². The van der Waals surface area contributed by atoms with Crippen LogP contribution in [0.5, 0.6) is 0 Å². The zero-order chi connectivity index (χ0) is 19.4. The van der Waals surface area contributed by atoms with Crippen molar-refractivity contribution in [2.24, 2.45) is 5.73 Å². The summed E-state index contributed by atoms with van der Waals surface area (Å²) in [7, 11) is 0. The summed E-state index contributed by atoms with van der Waals surface area (Å²) >= 11 is 1.22. The second-order valence-electron chi connectivity index (χ2n) is 6.15. The minimum Gasteiger partial charge on any atom is -0.365 e. The first kappa shape index (κ1) is 18.7. The van der Waals surface area contributed by atoms with Crippen LogP contribution in [0.2, 0.25) is 0 Å². The Morgan fingerprint density at radius 3 is 2.33 bits per heavy atom. The molecule has 0 saturated carbocycles. The lowest BCUT2D eigenvalue weighted by atomic mass is 10.1. The second kappa shape index (κ2) is 8.11. The largest absolute Gasteiger partial charge is 0.365 e. The topological polar surface area (TPSA) is 87.2 Å². The van der Waals surface area contributed by atoms with Gasteiger partial charge in [0.05, 0.1) is 5.25 Å². The first-order valence-corrected chi connectivity index (χ1v) is 9.50. The molecule has 3 rings (SSSR count). The third-order valence-corrected chi connectivity index (χ3v) is 5.65. The molecule has 0 radical (unpaired) electrons. The number of hydrogen-bond acceptors (Lipinski definition) is 4. The molecule has 0 unspecified atom stereocenters. The molecular formula is C21H19N3O2S. The summed E-state index contributed by atoms with van der Waals surface area (Å²) in [6, 6.07) is 19.0. The molecular weight excluding hydrogens is 358 g/mol. The van der Waals surface area contributed by atoms with Gasteiger partial charge < -0.3 is 5.73 Å². The molecule has 136 valence electrons. The number of carbonyl (C=O) groups excluding carboxylic acids is 2. The third kappa shape index (κ3) is 3.88. The minimum absolute atomic E-state index is 0.158. The van der Waals surface area contributed by atoms with Crippen LogP contribution in [0.3, 0.4) is 0 Å². The molecule has 1 atom stereocenters. The third-order valence-electron chi connectivity index (χ3n) is 4.39. The van der Waals surface area contributed by atoms with E-state index in [1.165, 1.54) is 22.2 Å². The number of nitriles is 1. The van der Waals surface area contributed by atoms with Gasteiger partial charge in [-0.15, -0.1) is 0 Å². The Bertz CT molecular complexity index is 930. The minimum atomic E-state index is -0.832. The van der Waals surface area contributed by atoms with Gasteiger partial charge in [0.15, 0.2) is 0 Å². The zero-order valence-electron chi connectivity index (χ0n) is 14.9. The normalized spacial score (nSPS) is 18.3. The number of primary amides is 1. The monoisotopic (exact) mass is 377 g/mol. The van der Waals surface area contributed by atoms with Gasteiger partial charge in [-0.25, -0.2) is 0 Å². The van der Waals surface area contributed by atoms with Crippen molar-refractivity contribution in [1.29, 1.82) is 5.26 Å². The molecule has 2 aromatic rings. The summed E-state index contributed by atoms with van der Waals surface area (Å²) in [5.41, 5.74) is 8.06. The Kier molecular flexibility index (Phi) is 5.63. The van der Waals surface area contributed by atoms with Crippen LogP contribution in [-0.4, -0.2) is 17.1 Å². The summed E-state index contributed by atoms with van der Waals surface area (Å²) < 4.78 is 0. The lowest BCUT2D eigenvalue weighted by Crippen LogP contribution is -2.31. The number of nitrogens with two attached hydrogens (primary N) is 1. The van der Waals surface area contributed by atoms with Crippen molar-refractivity contribution in [3.63, 3.8) is 0 Å². The van der Waals surface area contributed by atoms with Gasteiger partial charge in [-0.05, 0) is 36.1 Å². The van der Waals surface area contributed by atoms with E-state index >= 15 is 0 Å². The summed E-state index contributed by atoms with van der Waals surface area (Å²) in [6.45, 7) is 2.09. The molecule has 1 aliphatic rings. The fourth-order valence-electron chi connectivity index (χ4n) is 2.94. The Morgan fingerprint density at radius 2 is 1.78 bits per heavy atom. The fraction of sp³-hybridized carbons (Fsp3) is 0.190. The molecule has 1 saturated heterocycles. The molecule has 27 heavy (non-hydrogen) atoms. The smallest absolute Gasteiger partial charge is 0.262 e. The molecule has 0 aliphatic carbocycles. The number of nitrogens with zero attached hydrogens (tertiary/aromatic N) is 2. The van der Waals surface area contributed by atoms with Crippen molar-refractivity contribution in [2.45, 2.75) is 25.0 Å². The first-order valence-electron chi connectivity index (χ1n) is 8.62. The lowest BCUT2D eigenvalue weighted by molar-refractivity contribution is -0.117. The number of rotatable bonds is 5. The predicted molar refractivity (Wildman–Crippen MR) is 107 cm³/mol. The highest BCUT2D eigenvalue weighted by Gasteiger charge is 2.40. The molecule has 0 aromatic heterocycles. The van der Waals surface area contributed by atoms with Gasteiger partial charge in [0, 0.05) is 5.69 Å². The molecule has 1 heterocycles. The average Bonchev–Trinajstić information content (AvgIpc) is 2.99. The van der Waals surface area contributed by atoms with E-state index in [9.17, 15) is 14.9 Å². The standard InChI is InChI=1S/C21H19N3O2S/c1-2-14-8-10-15(11-9-14)12-18-20(26)24(16-6-4-3-5-7-16)21(27-18)17(13-22)19(23)25/h3-11,18H,2,12H2,1H3,(H2,23,25)/b21-17+/t18-/m0/s1. The van der Waals surface area contributed by atoms with Crippen LogP contribution >= 0.6 is 11.8 Å². The van der Waals surface area contributed by atoms with E-state index in [0.717, 1.165) is 12.0 Å². The van der Waals surface area contributed by atoms with Crippen LogP contribution in [0.1, 0.15) is 18.1 Å². The number of benzene rings is 2. The highest BCUT2D eigenvalue weighted by molar-refractivity contribution is 8.05. The van der Waals surface area contributed by atoms with Crippen LogP contribution < -0.4 is 10.6 Å². The summed E-state index contributed by atoms with van der Waals surface area (Å²) in [5.74, 6) is -0.989. The number of hydrogen-bond donors (Lipinski definition) is 1. The molecule has 2 amide bonds. The van der Waals surface area contributed by atoms with Crippen LogP contribution in [0.25, 0.3) is 0 Å². The van der Waals surface area contributed by atoms with E-state index in [0.29, 0.717) is 17.1 Å². The van der Waals surface area contributed by atoms with Crippen LogP contribution in [-0.2, 0) is 22.4 Å². The van der Waals surface area contributed by atoms with Crippen molar-refractivity contribution in [1.82, 2.24) is 0 Å². The van der Waals surface area contributed by atoms with Gasteiger partial charge in [0.1, 0.15) is 16.7 Å². The van der Waals surface area contributed by atoms with Crippen LogP contribution in [0.4, 0.5) is 5.69 Å². The predicted octanol–water partition coefficient (Wildman–Crippen LogP) is 3.16. The molecule has 0 bridgehead atoms. The maximum atomic E-state index is 13.1. The average molecular weight is 377 g/mol. The summed E-state index contributed by atoms with van der Waals surface area (Å²) in [5, 5.41) is 9.26. The second-order valence-corrected chi connectivity index (χ2v) is 7.34. The number of carbonyl (C=O) groups is 2. The van der Waals surface area contributed by atoms with Gasteiger partial charge in [0.2, 0.25) is 5.91 Å². The van der Waals surface area contributed by atoms with Gasteiger partial charge in [0.25, 0.3) is 5.91 Å². The molecule has 2 N–H and O–H groups in total. The number of anilines is 1. The molecule has 2 aromatic carbocycles. The van der Waals surface area contributed by atoms with Crippen molar-refractivity contribution < 1.29 is 9.59 Å². The molecule has 1 fully saturated rings. The van der Waals surface area contributed by atoms with Crippen molar-refractivity contribution in [3.05, 3.63) is 76.3 Å². The van der Waals surface area contributed by atoms with Gasteiger partial charge in [-0.3, -0.25) is 14.5 Å². The lowest BCUT2D eigenvalue weighted by Gasteiger charge is -2.18. The van der Waals surface area contributed by atoms with E-state index < -0.39 is 11.2 Å². The first-order chi connectivity index (χ1) is 13.0. The highest BCUT2D eigenvalue weighted by atomic mass is 32.2. The van der Waals surface area contributed by atoms with E-state index in [2.05, 4.69) is 19.1 Å². The molecule has 5 nitrogen and oxygen atoms in total. The number of thioether (sulfide) groups is 1. The Morgan fingerprint density at radius 1 is 1.15 bits per heavy atom.